The molecule has 4 aromatic heterocycles. The molecule has 354 valence electrons. The van der Waals surface area contributed by atoms with E-state index >= 15 is 0 Å². The summed E-state index contributed by atoms with van der Waals surface area (Å²) in [5.41, 5.74) is 20.2. The van der Waals surface area contributed by atoms with Gasteiger partial charge in [0.2, 0.25) is 0 Å². The molecule has 0 radical (unpaired) electrons. The van der Waals surface area contributed by atoms with Crippen molar-refractivity contribution >= 4 is 87.2 Å². The van der Waals surface area contributed by atoms with E-state index in [0.29, 0.717) is 12.1 Å². The van der Waals surface area contributed by atoms with E-state index in [9.17, 15) is 0 Å². The van der Waals surface area contributed by atoms with Gasteiger partial charge in [-0.1, -0.05) is 158 Å². The molecule has 0 bridgehead atoms. The van der Waals surface area contributed by atoms with E-state index in [1.54, 1.807) is 0 Å². The highest BCUT2D eigenvalue weighted by molar-refractivity contribution is 6.16. The zero-order valence-corrected chi connectivity index (χ0v) is 41.2. The van der Waals surface area contributed by atoms with Crippen LogP contribution in [-0.2, 0) is 0 Å². The van der Waals surface area contributed by atoms with Crippen LogP contribution in [0.15, 0.2) is 279 Å². The second kappa shape index (κ2) is 16.7. The van der Waals surface area contributed by atoms with Crippen molar-refractivity contribution in [2.24, 2.45) is 0 Å². The Morgan fingerprint density at radius 3 is 0.816 bits per heavy atom. The van der Waals surface area contributed by atoms with Gasteiger partial charge in [-0.25, -0.2) is 0 Å². The minimum atomic E-state index is 0.492. The second-order valence-electron chi connectivity index (χ2n) is 20.0. The van der Waals surface area contributed by atoms with Crippen LogP contribution in [0.25, 0.3) is 143 Å². The molecule has 76 heavy (non-hydrogen) atoms. The summed E-state index contributed by atoms with van der Waals surface area (Å²) in [6.45, 7) is 0. The Hall–Kier alpha value is -10.2. The van der Waals surface area contributed by atoms with Crippen LogP contribution >= 0.6 is 0 Å². The summed E-state index contributed by atoms with van der Waals surface area (Å²) in [6, 6.07) is 96.6. The number of nitrogens with zero attached hydrogens (tertiary/aromatic N) is 4. The first-order valence-corrected chi connectivity index (χ1v) is 26.0. The predicted octanol–water partition coefficient (Wildman–Crippen LogP) is 19.1. The Morgan fingerprint density at radius 1 is 0.184 bits per heavy atom. The highest BCUT2D eigenvalue weighted by atomic mass is 15.0. The highest BCUT2D eigenvalue weighted by Crippen LogP contribution is 2.43. The molecule has 0 atom stereocenters. The van der Waals surface area contributed by atoms with Crippen LogP contribution in [-0.4, -0.2) is 18.3 Å². The Balaban J connectivity index is 0.901. The summed E-state index contributed by atoms with van der Waals surface area (Å²) in [5, 5.41) is 9.05. The molecule has 0 aliphatic heterocycles. The van der Waals surface area contributed by atoms with Crippen LogP contribution in [0, 0.1) is 0 Å². The fourth-order valence-electron chi connectivity index (χ4n) is 12.4. The van der Waals surface area contributed by atoms with Gasteiger partial charge in [-0.2, -0.15) is 0 Å². The van der Waals surface area contributed by atoms with E-state index in [-0.39, 0.29) is 0 Å². The largest absolute Gasteiger partial charge is 0.309 e. The van der Waals surface area contributed by atoms with Crippen molar-refractivity contribution in [1.82, 2.24) is 18.3 Å². The number of aromatic nitrogens is 4. The molecule has 4 heterocycles. The first kappa shape index (κ1) is 40.3. The third kappa shape index (κ3) is 6.44. The highest BCUT2D eigenvalue weighted by Gasteiger charge is 2.21. The lowest BCUT2D eigenvalue weighted by Crippen LogP contribution is -1.96. The molecule has 16 aromatic rings. The molecule has 0 amide bonds. The van der Waals surface area contributed by atoms with E-state index < -0.39 is 0 Å². The number of fused-ring (bicyclic) bond motifs is 12. The van der Waals surface area contributed by atoms with Crippen LogP contribution in [0.4, 0.5) is 0 Å². The molecular weight excluding hydrogens is 921 g/mol. The fourth-order valence-corrected chi connectivity index (χ4v) is 12.4. The summed E-state index contributed by atoms with van der Waals surface area (Å²) in [6.07, 6.45) is 0. The van der Waals surface area contributed by atoms with Crippen molar-refractivity contribution in [2.45, 2.75) is 0 Å². The Morgan fingerprint density at radius 2 is 0.461 bits per heavy atom. The minimum Gasteiger partial charge on any atom is -0.309 e. The molecule has 12 aromatic carbocycles. The van der Waals surface area contributed by atoms with E-state index in [2.05, 4.69) is 261 Å². The number of para-hydroxylation sites is 4. The minimum absolute atomic E-state index is 0.492. The molecule has 0 fully saturated rings. The van der Waals surface area contributed by atoms with Crippen molar-refractivity contribution < 1.29 is 2.74 Å². The first-order chi connectivity index (χ1) is 38.5. The van der Waals surface area contributed by atoms with E-state index in [1.807, 2.05) is 24.3 Å². The predicted molar refractivity (Wildman–Crippen MR) is 320 cm³/mol. The molecule has 0 aliphatic carbocycles. The Bertz CT molecular complexity index is 4760. The van der Waals surface area contributed by atoms with Crippen molar-refractivity contribution in [3.8, 4) is 56.1 Å². The molecule has 4 nitrogen and oxygen atoms in total. The van der Waals surface area contributed by atoms with Gasteiger partial charge < -0.3 is 18.3 Å². The van der Waals surface area contributed by atoms with E-state index in [0.717, 1.165) is 99.6 Å². The fraction of sp³-hybridized carbons (Fsp3) is 0. The molecule has 0 unspecified atom stereocenters. The van der Waals surface area contributed by atoms with Crippen molar-refractivity contribution in [3.05, 3.63) is 279 Å². The van der Waals surface area contributed by atoms with Gasteiger partial charge in [0.15, 0.2) is 0 Å². The van der Waals surface area contributed by atoms with Crippen LogP contribution < -0.4 is 0 Å². The number of hydrogen-bond acceptors (Lipinski definition) is 0. The van der Waals surface area contributed by atoms with Gasteiger partial charge in [-0.15, -0.1) is 0 Å². The lowest BCUT2D eigenvalue weighted by atomic mass is 9.98. The maximum absolute atomic E-state index is 8.69. The van der Waals surface area contributed by atoms with Gasteiger partial charge in [0.1, 0.15) is 0 Å². The first-order valence-electron chi connectivity index (χ1n) is 27.0. The maximum atomic E-state index is 8.69. The average Bonchev–Trinajstić information content (AvgIpc) is 4.37. The summed E-state index contributed by atoms with van der Waals surface area (Å²) in [5.74, 6) is 0. The quantitative estimate of drug-likeness (QED) is 0.152. The average molecular weight is 969 g/mol. The van der Waals surface area contributed by atoms with Gasteiger partial charge in [0.25, 0.3) is 0 Å². The Labute approximate surface area is 441 Å². The smallest absolute Gasteiger partial charge is 0.0623 e. The Kier molecular flexibility index (Phi) is 8.86. The number of hydrogen-bond donors (Lipinski definition) is 0. The molecule has 0 saturated carbocycles. The zero-order valence-electron chi connectivity index (χ0n) is 43.2. The van der Waals surface area contributed by atoms with Crippen molar-refractivity contribution in [1.29, 1.82) is 0 Å². The molecule has 0 aliphatic rings. The van der Waals surface area contributed by atoms with Gasteiger partial charge in [-0.3, -0.25) is 0 Å². The van der Waals surface area contributed by atoms with Crippen molar-refractivity contribution in [2.75, 3.05) is 0 Å². The summed E-state index contributed by atoms with van der Waals surface area (Å²) in [4.78, 5) is 0. The normalized spacial score (nSPS) is 12.3. The van der Waals surface area contributed by atoms with Crippen LogP contribution in [0.2, 0.25) is 0 Å². The molecule has 0 N–H and O–H groups in total. The third-order valence-electron chi connectivity index (χ3n) is 15.8. The van der Waals surface area contributed by atoms with Gasteiger partial charge in [-0.05, 0) is 155 Å². The topological polar surface area (TPSA) is 19.7 Å². The molecule has 4 heteroatoms. The number of benzene rings is 12. The maximum Gasteiger partial charge on any atom is 0.0623 e. The zero-order chi connectivity index (χ0) is 51.6. The third-order valence-corrected chi connectivity index (χ3v) is 15.8. The lowest BCUT2D eigenvalue weighted by Gasteiger charge is -2.11. The standard InChI is InChI=1S/C72H46N4/c1-5-17-47(18-6-1)49-29-35-67-59(41-49)61-43-51(31-37-69(61)75(67)55-33-39-71-63(45-55)57-25-13-15-27-65(57)73(71)53-21-9-3-10-22-53)52-32-38-70-62(44-52)60-42-50(48-19-7-2-8-20-48)30-36-68(60)76(70)56-34-40-72-64(46-56)58-26-14-16-28-66(58)74(72)54-23-11-4-12-24-54/h1-46H/i13D,14D. The summed E-state index contributed by atoms with van der Waals surface area (Å²) in [7, 11) is 0. The molecule has 0 spiro atoms. The van der Waals surface area contributed by atoms with Gasteiger partial charge in [0.05, 0.1) is 46.9 Å². The van der Waals surface area contributed by atoms with Gasteiger partial charge >= 0.3 is 0 Å². The molecule has 16 rings (SSSR count). The number of rotatable bonds is 7. The van der Waals surface area contributed by atoms with Crippen LogP contribution in [0.1, 0.15) is 2.74 Å². The monoisotopic (exact) mass is 968 g/mol. The molecular formula is C72H46N4. The second-order valence-corrected chi connectivity index (χ2v) is 20.0. The summed E-state index contributed by atoms with van der Waals surface area (Å²) >= 11 is 0. The van der Waals surface area contributed by atoms with Gasteiger partial charge in [0, 0.05) is 65.8 Å². The van der Waals surface area contributed by atoms with E-state index in [4.69, 9.17) is 2.74 Å². The SMILES string of the molecule is [2H]c1ccc2c(c1)c1cc(-n3c4ccc(-c5ccccc5)cc4c4cc(-c5ccc6c(c5)c5cc(-c7ccccc7)ccc5n6-c5ccc6c(c5)c5cc([2H])ccc5n6-c5ccccc5)ccc43)ccc1n2-c1ccccc1. The lowest BCUT2D eigenvalue weighted by molar-refractivity contribution is 1.16. The molecule has 0 saturated heterocycles. The van der Waals surface area contributed by atoms with Crippen LogP contribution in [0.3, 0.4) is 0 Å². The van der Waals surface area contributed by atoms with Crippen molar-refractivity contribution in [3.63, 3.8) is 0 Å². The summed E-state index contributed by atoms with van der Waals surface area (Å²) < 4.78 is 26.8. The van der Waals surface area contributed by atoms with E-state index in [1.165, 1.54) is 43.8 Å². The van der Waals surface area contributed by atoms with Crippen LogP contribution in [0.5, 0.6) is 0 Å².